The fourth-order valence-corrected chi connectivity index (χ4v) is 4.48. The number of carboxylic acids is 1. The summed E-state index contributed by atoms with van der Waals surface area (Å²) in [6, 6.07) is 22.5. The first-order chi connectivity index (χ1) is 18.3. The number of carboxylic acid groups (broad SMARTS) is 1. The summed E-state index contributed by atoms with van der Waals surface area (Å²) < 4.78 is 14.3. The number of carbonyl (C=O) groups is 2. The second kappa shape index (κ2) is 9.82. The molecule has 5 rings (SSSR count). The number of aromatic carboxylic acids is 1. The number of nitrogens with one attached hydrogen (secondary N) is 1. The zero-order valence-corrected chi connectivity index (χ0v) is 20.6. The summed E-state index contributed by atoms with van der Waals surface area (Å²) in [6.07, 6.45) is 0. The number of fused-ring (bicyclic) bond motifs is 1. The maximum absolute atomic E-state index is 14.3. The van der Waals surface area contributed by atoms with Crippen molar-refractivity contribution in [2.75, 3.05) is 10.3 Å². The molecule has 4 aromatic carbocycles. The maximum Gasteiger partial charge on any atom is 0.337 e. The monoisotopic (exact) mass is 509 g/mol. The van der Waals surface area contributed by atoms with Crippen molar-refractivity contribution in [1.82, 2.24) is 0 Å². The molecule has 0 fully saturated rings. The lowest BCUT2D eigenvalue weighted by Gasteiger charge is -2.18. The molecule has 0 radical (unpaired) electrons. The number of benzene rings is 4. The zero-order chi connectivity index (χ0) is 27.0. The van der Waals surface area contributed by atoms with E-state index in [1.165, 1.54) is 35.2 Å². The largest absolute Gasteiger partial charge is 0.507 e. The molecule has 3 N–H and O–H groups in total. The summed E-state index contributed by atoms with van der Waals surface area (Å²) in [5.41, 5.74) is 5.93. The van der Waals surface area contributed by atoms with Crippen LogP contribution in [-0.4, -0.2) is 27.8 Å². The molecule has 190 valence electrons. The van der Waals surface area contributed by atoms with Crippen LogP contribution in [0.4, 0.5) is 21.5 Å². The van der Waals surface area contributed by atoms with E-state index in [2.05, 4.69) is 24.4 Å². The van der Waals surface area contributed by atoms with Crippen LogP contribution >= 0.6 is 0 Å². The number of amides is 1. The van der Waals surface area contributed by atoms with Gasteiger partial charge in [0.1, 0.15) is 11.6 Å². The Morgan fingerprint density at radius 1 is 0.921 bits per heavy atom. The van der Waals surface area contributed by atoms with Gasteiger partial charge in [0.25, 0.3) is 5.91 Å². The van der Waals surface area contributed by atoms with E-state index in [1.807, 2.05) is 12.1 Å². The normalized spacial score (nSPS) is 13.7. The lowest BCUT2D eigenvalue weighted by Crippen LogP contribution is -2.26. The molecule has 8 heteroatoms. The van der Waals surface area contributed by atoms with Gasteiger partial charge in [-0.25, -0.2) is 9.18 Å². The lowest BCUT2D eigenvalue weighted by molar-refractivity contribution is -0.111. The highest BCUT2D eigenvalue weighted by molar-refractivity contribution is 6.55. The van der Waals surface area contributed by atoms with Gasteiger partial charge in [-0.1, -0.05) is 56.3 Å². The molecule has 7 nitrogen and oxygen atoms in total. The Morgan fingerprint density at radius 3 is 2.32 bits per heavy atom. The number of anilines is 3. The van der Waals surface area contributed by atoms with Gasteiger partial charge in [-0.05, 0) is 53.9 Å². The van der Waals surface area contributed by atoms with E-state index >= 15 is 0 Å². The number of nitrogens with zero attached hydrogens (tertiary/aromatic N) is 2. The zero-order valence-electron chi connectivity index (χ0n) is 20.6. The summed E-state index contributed by atoms with van der Waals surface area (Å²) in [7, 11) is 0. The summed E-state index contributed by atoms with van der Waals surface area (Å²) in [5.74, 6) is -1.95. The number of carbonyl (C=O) groups excluding carboxylic acids is 1. The van der Waals surface area contributed by atoms with Gasteiger partial charge in [0, 0.05) is 22.4 Å². The Kier molecular flexibility index (Phi) is 6.38. The van der Waals surface area contributed by atoms with E-state index in [0.717, 1.165) is 5.56 Å². The first-order valence-electron chi connectivity index (χ1n) is 12.0. The predicted octanol–water partition coefficient (Wildman–Crippen LogP) is 6.51. The molecule has 4 aromatic rings. The molecule has 0 spiro atoms. The van der Waals surface area contributed by atoms with Gasteiger partial charge in [-0.3, -0.25) is 15.1 Å². The Hall–Kier alpha value is -4.98. The first-order valence-corrected chi connectivity index (χ1v) is 12.0. The minimum absolute atomic E-state index is 0.00337. The Labute approximate surface area is 218 Å². The van der Waals surface area contributed by atoms with Crippen LogP contribution in [0.25, 0.3) is 11.1 Å². The van der Waals surface area contributed by atoms with Gasteiger partial charge >= 0.3 is 5.97 Å². The molecule has 38 heavy (non-hydrogen) atoms. The molecule has 1 heterocycles. The molecule has 0 saturated carbocycles. The van der Waals surface area contributed by atoms with Gasteiger partial charge in [-0.2, -0.15) is 5.10 Å². The molecule has 0 atom stereocenters. The average molecular weight is 510 g/mol. The van der Waals surface area contributed by atoms with E-state index in [-0.39, 0.29) is 22.7 Å². The van der Waals surface area contributed by atoms with E-state index in [1.54, 1.807) is 42.5 Å². The highest BCUT2D eigenvalue weighted by Gasteiger charge is 2.36. The van der Waals surface area contributed by atoms with Crippen molar-refractivity contribution >= 4 is 34.7 Å². The minimum atomic E-state index is -1.21. The molecule has 1 aliphatic rings. The third kappa shape index (κ3) is 4.37. The van der Waals surface area contributed by atoms with Gasteiger partial charge in [0.2, 0.25) is 0 Å². The van der Waals surface area contributed by atoms with Crippen molar-refractivity contribution in [3.8, 4) is 16.9 Å². The summed E-state index contributed by atoms with van der Waals surface area (Å²) >= 11 is 0. The first kappa shape index (κ1) is 24.7. The van der Waals surface area contributed by atoms with Crippen LogP contribution in [0.2, 0.25) is 0 Å². The summed E-state index contributed by atoms with van der Waals surface area (Å²) in [6.45, 7) is 4.13. The predicted molar refractivity (Wildman–Crippen MR) is 145 cm³/mol. The van der Waals surface area contributed by atoms with Crippen LogP contribution in [0.15, 0.2) is 90.0 Å². The van der Waals surface area contributed by atoms with E-state index in [4.69, 9.17) is 0 Å². The van der Waals surface area contributed by atoms with Crippen molar-refractivity contribution in [1.29, 1.82) is 0 Å². The maximum atomic E-state index is 14.3. The second-order valence-corrected chi connectivity index (χ2v) is 9.17. The van der Waals surface area contributed by atoms with Crippen molar-refractivity contribution in [3.05, 3.63) is 107 Å². The molecular formula is C30H24FN3O4. The number of rotatable bonds is 6. The van der Waals surface area contributed by atoms with E-state index in [9.17, 15) is 24.2 Å². The molecule has 0 bridgehead atoms. The van der Waals surface area contributed by atoms with Crippen molar-refractivity contribution < 1.29 is 24.2 Å². The van der Waals surface area contributed by atoms with Crippen LogP contribution < -0.4 is 10.3 Å². The number of halogens is 1. The number of hydrogen-bond donors (Lipinski definition) is 3. The topological polar surface area (TPSA) is 102 Å². The van der Waals surface area contributed by atoms with Crippen LogP contribution in [0, 0.1) is 5.82 Å². The average Bonchev–Trinajstić information content (AvgIpc) is 3.17. The molecule has 0 saturated heterocycles. The fraction of sp³-hybridized carbons (Fsp3) is 0.100. The Bertz CT molecular complexity index is 1600. The molecule has 0 unspecified atom stereocenters. The van der Waals surface area contributed by atoms with Crippen molar-refractivity contribution in [2.45, 2.75) is 19.8 Å². The van der Waals surface area contributed by atoms with Crippen molar-refractivity contribution in [3.63, 3.8) is 0 Å². The minimum Gasteiger partial charge on any atom is -0.507 e. The van der Waals surface area contributed by atoms with Gasteiger partial charge in [0.15, 0.2) is 5.71 Å². The summed E-state index contributed by atoms with van der Waals surface area (Å²) in [5, 5.41) is 24.6. The highest BCUT2D eigenvalue weighted by atomic mass is 19.1. The molecule has 1 aliphatic heterocycles. The number of phenols is 1. The number of hydrogen-bond acceptors (Lipinski definition) is 5. The van der Waals surface area contributed by atoms with Crippen LogP contribution in [0.1, 0.15) is 41.3 Å². The number of hydrazone groups is 1. The van der Waals surface area contributed by atoms with Gasteiger partial charge in [-0.15, -0.1) is 0 Å². The lowest BCUT2D eigenvalue weighted by atomic mass is 9.99. The second-order valence-electron chi connectivity index (χ2n) is 9.17. The number of aromatic hydroxyl groups is 1. The van der Waals surface area contributed by atoms with Crippen molar-refractivity contribution in [2.24, 2.45) is 5.10 Å². The molecule has 0 aromatic heterocycles. The standard InChI is InChI=1S/C30H24FN3O4/c1-17(2)18-10-13-20(14-11-18)34-25-16-19(31)12-15-23(25)28(29(34)36)33-32-27-22(7-5-8-24(27)30(37)38)21-6-3-4-9-26(21)35/h3-17,32,35H,1-2H3,(H,37,38). The molecular weight excluding hydrogens is 485 g/mol. The Balaban J connectivity index is 1.61. The van der Waals surface area contributed by atoms with Gasteiger partial charge in [0.05, 0.1) is 16.9 Å². The smallest absolute Gasteiger partial charge is 0.337 e. The molecule has 0 aliphatic carbocycles. The third-order valence-electron chi connectivity index (χ3n) is 6.45. The molecule has 1 amide bonds. The van der Waals surface area contributed by atoms with Gasteiger partial charge < -0.3 is 10.2 Å². The van der Waals surface area contributed by atoms with E-state index < -0.39 is 17.7 Å². The number of phenolic OH excluding ortho intramolecular Hbond substituents is 1. The van der Waals surface area contributed by atoms with Crippen LogP contribution in [0.3, 0.4) is 0 Å². The summed E-state index contributed by atoms with van der Waals surface area (Å²) in [4.78, 5) is 27.0. The SMILES string of the molecule is CC(C)c1ccc(N2C(=O)C(=NNc3c(C(=O)O)cccc3-c3ccccc3O)c3ccc(F)cc32)cc1. The number of para-hydroxylation sites is 2. The third-order valence-corrected chi connectivity index (χ3v) is 6.45. The van der Waals surface area contributed by atoms with Crippen LogP contribution in [-0.2, 0) is 4.79 Å². The highest BCUT2D eigenvalue weighted by Crippen LogP contribution is 2.39. The van der Waals surface area contributed by atoms with E-state index in [0.29, 0.717) is 34.0 Å². The van der Waals surface area contributed by atoms with Crippen LogP contribution in [0.5, 0.6) is 5.75 Å². The quantitative estimate of drug-likeness (QED) is 0.257. The fourth-order valence-electron chi connectivity index (χ4n) is 4.48. The Morgan fingerprint density at radius 2 is 1.63 bits per heavy atom.